The molecule has 0 aromatic carbocycles. The van der Waals surface area contributed by atoms with Crippen LogP contribution < -0.4 is 16.6 Å². The molecule has 2 heterocycles. The molecule has 0 spiro atoms. The molecule has 0 unspecified atom stereocenters. The highest BCUT2D eigenvalue weighted by atomic mass is 16.1. The van der Waals surface area contributed by atoms with Crippen LogP contribution in [0.2, 0.25) is 0 Å². The van der Waals surface area contributed by atoms with Crippen molar-refractivity contribution >= 4 is 11.5 Å². The van der Waals surface area contributed by atoms with Crippen molar-refractivity contribution in [3.05, 3.63) is 34.9 Å². The molecule has 0 saturated carbocycles. The molecule has 2 rings (SSSR count). The van der Waals surface area contributed by atoms with Crippen molar-refractivity contribution in [2.45, 2.75) is 12.8 Å². The molecular formula is C10H14N6O. The fraction of sp³-hybridized carbons (Fsp3) is 0.300. The van der Waals surface area contributed by atoms with Crippen molar-refractivity contribution in [2.24, 2.45) is 0 Å². The molecule has 0 fully saturated rings. The van der Waals surface area contributed by atoms with E-state index in [9.17, 15) is 4.79 Å². The number of rotatable bonds is 5. The number of nitrogen functional groups attached to an aromatic ring is 1. The number of nitrogens with two attached hydrogens (primary N) is 1. The van der Waals surface area contributed by atoms with Crippen molar-refractivity contribution in [2.75, 3.05) is 17.6 Å². The first-order valence-electron chi connectivity index (χ1n) is 5.32. The molecule has 5 N–H and O–H groups in total. The highest BCUT2D eigenvalue weighted by Gasteiger charge is 2.03. The van der Waals surface area contributed by atoms with E-state index in [-0.39, 0.29) is 11.2 Å². The first-order valence-corrected chi connectivity index (χ1v) is 5.32. The van der Waals surface area contributed by atoms with Gasteiger partial charge < -0.3 is 21.0 Å². The number of hydrogen-bond donors (Lipinski definition) is 4. The first-order chi connectivity index (χ1) is 8.27. The average Bonchev–Trinajstić information content (AvgIpc) is 2.83. The number of nitrogens with zero attached hydrogens (tertiary/aromatic N) is 2. The minimum Gasteiger partial charge on any atom is -0.391 e. The van der Waals surface area contributed by atoms with Crippen LogP contribution in [-0.4, -0.2) is 26.5 Å². The van der Waals surface area contributed by atoms with Crippen molar-refractivity contribution in [3.8, 4) is 0 Å². The normalized spacial score (nSPS) is 10.4. The maximum absolute atomic E-state index is 11.2. The Morgan fingerprint density at radius 2 is 2.24 bits per heavy atom. The van der Waals surface area contributed by atoms with Crippen LogP contribution in [0.5, 0.6) is 0 Å². The van der Waals surface area contributed by atoms with Gasteiger partial charge in [0.2, 0.25) is 0 Å². The third-order valence-corrected chi connectivity index (χ3v) is 2.33. The molecule has 0 amide bonds. The molecule has 7 heteroatoms. The van der Waals surface area contributed by atoms with Gasteiger partial charge in [0.1, 0.15) is 11.5 Å². The van der Waals surface area contributed by atoms with Crippen molar-refractivity contribution in [1.29, 1.82) is 0 Å². The number of nitrogens with one attached hydrogen (secondary N) is 3. The molecule has 0 atom stereocenters. The predicted molar refractivity (Wildman–Crippen MR) is 64.7 cm³/mol. The van der Waals surface area contributed by atoms with Gasteiger partial charge in [-0.2, -0.15) is 0 Å². The number of aryl methyl sites for hydroxylation is 1. The summed E-state index contributed by atoms with van der Waals surface area (Å²) in [7, 11) is 0. The van der Waals surface area contributed by atoms with Crippen LogP contribution in [-0.2, 0) is 6.42 Å². The largest absolute Gasteiger partial charge is 0.391 e. The number of hydrogen-bond acceptors (Lipinski definition) is 5. The number of imidazole rings is 1. The second kappa shape index (κ2) is 5.15. The van der Waals surface area contributed by atoms with Crippen LogP contribution >= 0.6 is 0 Å². The molecule has 0 radical (unpaired) electrons. The average molecular weight is 234 g/mol. The molecule has 17 heavy (non-hydrogen) atoms. The zero-order chi connectivity index (χ0) is 12.1. The van der Waals surface area contributed by atoms with Gasteiger partial charge in [-0.25, -0.2) is 9.97 Å². The molecule has 0 saturated heterocycles. The Bertz CT molecular complexity index is 518. The maximum atomic E-state index is 11.2. The number of H-pyrrole nitrogens is 2. The SMILES string of the molecule is Nc1c(NCCCc2ncc[nH]2)nc[nH]c1=O. The van der Waals surface area contributed by atoms with Gasteiger partial charge in [0.15, 0.2) is 5.82 Å². The third-order valence-electron chi connectivity index (χ3n) is 2.33. The van der Waals surface area contributed by atoms with Gasteiger partial charge in [-0.15, -0.1) is 0 Å². The van der Waals surface area contributed by atoms with Crippen LogP contribution in [0, 0.1) is 0 Å². The summed E-state index contributed by atoms with van der Waals surface area (Å²) in [6, 6.07) is 0. The molecular weight excluding hydrogens is 220 g/mol. The van der Waals surface area contributed by atoms with E-state index in [1.807, 2.05) is 0 Å². The fourth-order valence-electron chi connectivity index (χ4n) is 1.45. The molecule has 0 aliphatic rings. The number of anilines is 2. The first kappa shape index (κ1) is 11.2. The van der Waals surface area contributed by atoms with Gasteiger partial charge >= 0.3 is 0 Å². The highest BCUT2D eigenvalue weighted by molar-refractivity contribution is 5.58. The summed E-state index contributed by atoms with van der Waals surface area (Å²) in [4.78, 5) is 24.7. The molecule has 0 bridgehead atoms. The molecule has 0 aliphatic heterocycles. The van der Waals surface area contributed by atoms with E-state index in [1.165, 1.54) is 6.33 Å². The van der Waals surface area contributed by atoms with Gasteiger partial charge in [-0.3, -0.25) is 4.79 Å². The van der Waals surface area contributed by atoms with E-state index in [2.05, 4.69) is 25.3 Å². The lowest BCUT2D eigenvalue weighted by atomic mass is 10.3. The Kier molecular flexibility index (Phi) is 3.39. The summed E-state index contributed by atoms with van der Waals surface area (Å²) in [5.74, 6) is 1.37. The summed E-state index contributed by atoms with van der Waals surface area (Å²) >= 11 is 0. The topological polar surface area (TPSA) is 112 Å². The minimum atomic E-state index is -0.325. The van der Waals surface area contributed by atoms with E-state index in [0.717, 1.165) is 18.7 Å². The Balaban J connectivity index is 1.82. The summed E-state index contributed by atoms with van der Waals surface area (Å²) < 4.78 is 0. The second-order valence-corrected chi connectivity index (χ2v) is 3.56. The van der Waals surface area contributed by atoms with Gasteiger partial charge in [-0.1, -0.05) is 0 Å². The van der Waals surface area contributed by atoms with E-state index < -0.39 is 0 Å². The lowest BCUT2D eigenvalue weighted by molar-refractivity contribution is 0.813. The number of aromatic amines is 2. The van der Waals surface area contributed by atoms with E-state index in [0.29, 0.717) is 12.4 Å². The second-order valence-electron chi connectivity index (χ2n) is 3.56. The predicted octanol–water partition coefficient (Wildman–Crippen LogP) is 0.120. The summed E-state index contributed by atoms with van der Waals surface area (Å²) in [5.41, 5.74) is 5.36. The Hall–Kier alpha value is -2.31. The molecule has 0 aliphatic carbocycles. The quantitative estimate of drug-likeness (QED) is 0.549. The van der Waals surface area contributed by atoms with Gasteiger partial charge in [0.25, 0.3) is 5.56 Å². The van der Waals surface area contributed by atoms with Crippen molar-refractivity contribution in [1.82, 2.24) is 19.9 Å². The van der Waals surface area contributed by atoms with Gasteiger partial charge in [-0.05, 0) is 6.42 Å². The highest BCUT2D eigenvalue weighted by Crippen LogP contribution is 2.07. The Labute approximate surface area is 97.5 Å². The van der Waals surface area contributed by atoms with Crippen molar-refractivity contribution in [3.63, 3.8) is 0 Å². The monoisotopic (exact) mass is 234 g/mol. The van der Waals surface area contributed by atoms with Crippen LogP contribution in [0.3, 0.4) is 0 Å². The Morgan fingerprint density at radius 3 is 3.00 bits per heavy atom. The van der Waals surface area contributed by atoms with Crippen molar-refractivity contribution < 1.29 is 0 Å². The van der Waals surface area contributed by atoms with E-state index in [4.69, 9.17) is 5.73 Å². The van der Waals surface area contributed by atoms with Gasteiger partial charge in [0, 0.05) is 25.4 Å². The zero-order valence-electron chi connectivity index (χ0n) is 9.23. The summed E-state index contributed by atoms with van der Waals surface area (Å²) in [6.07, 6.45) is 6.55. The molecule has 2 aromatic rings. The molecule has 7 nitrogen and oxygen atoms in total. The molecule has 2 aromatic heterocycles. The third kappa shape index (κ3) is 2.83. The zero-order valence-corrected chi connectivity index (χ0v) is 9.23. The van der Waals surface area contributed by atoms with Crippen LogP contribution in [0.1, 0.15) is 12.2 Å². The van der Waals surface area contributed by atoms with Crippen LogP contribution in [0.25, 0.3) is 0 Å². The van der Waals surface area contributed by atoms with Crippen LogP contribution in [0.15, 0.2) is 23.5 Å². The van der Waals surface area contributed by atoms with E-state index in [1.54, 1.807) is 12.4 Å². The lowest BCUT2D eigenvalue weighted by Gasteiger charge is -2.06. The van der Waals surface area contributed by atoms with E-state index >= 15 is 0 Å². The minimum absolute atomic E-state index is 0.116. The fourth-order valence-corrected chi connectivity index (χ4v) is 1.45. The summed E-state index contributed by atoms with van der Waals surface area (Å²) in [5, 5.41) is 3.02. The Morgan fingerprint density at radius 1 is 1.35 bits per heavy atom. The number of aromatic nitrogens is 4. The summed E-state index contributed by atoms with van der Waals surface area (Å²) in [6.45, 7) is 0.682. The maximum Gasteiger partial charge on any atom is 0.276 e. The van der Waals surface area contributed by atoms with Gasteiger partial charge in [0.05, 0.1) is 6.33 Å². The smallest absolute Gasteiger partial charge is 0.276 e. The lowest BCUT2D eigenvalue weighted by Crippen LogP contribution is -2.16. The molecule has 90 valence electrons. The standard InChI is InChI=1S/C10H14N6O/c11-8-9(15-6-16-10(8)17)14-3-1-2-7-12-4-5-13-7/h4-6H,1-3,11H2,(H,12,13)(H2,14,15,16,17). The van der Waals surface area contributed by atoms with Crippen LogP contribution in [0.4, 0.5) is 11.5 Å².